The van der Waals surface area contributed by atoms with Crippen molar-refractivity contribution in [3.8, 4) is 11.5 Å². The Kier molecular flexibility index (Phi) is 3.28. The van der Waals surface area contributed by atoms with E-state index in [1.807, 2.05) is 13.0 Å². The lowest BCUT2D eigenvalue weighted by atomic mass is 9.82. The topological polar surface area (TPSA) is 55.5 Å². The number of benzene rings is 1. The fourth-order valence-corrected chi connectivity index (χ4v) is 2.82. The van der Waals surface area contributed by atoms with Crippen LogP contribution in [0.2, 0.25) is 0 Å². The third-order valence-electron chi connectivity index (χ3n) is 4.17. The van der Waals surface area contributed by atoms with Crippen molar-refractivity contribution in [1.82, 2.24) is 0 Å². The maximum absolute atomic E-state index is 10.5. The number of hydrogen-bond donors (Lipinski definition) is 2. The van der Waals surface area contributed by atoms with Gasteiger partial charge in [-0.15, -0.1) is 0 Å². The van der Waals surface area contributed by atoms with Gasteiger partial charge in [-0.25, -0.2) is 0 Å². The van der Waals surface area contributed by atoms with E-state index in [0.29, 0.717) is 11.7 Å². The number of aromatic hydroxyl groups is 1. The molecule has 18 heavy (non-hydrogen) atoms. The number of phenols is 1. The van der Waals surface area contributed by atoms with Gasteiger partial charge in [0.1, 0.15) is 0 Å². The molecule has 1 atom stereocenters. The van der Waals surface area contributed by atoms with Gasteiger partial charge in [0.2, 0.25) is 0 Å². The lowest BCUT2D eigenvalue weighted by molar-refractivity contribution is 0.363. The van der Waals surface area contributed by atoms with Crippen LogP contribution in [0.5, 0.6) is 11.5 Å². The zero-order valence-corrected chi connectivity index (χ0v) is 11.7. The van der Waals surface area contributed by atoms with Crippen LogP contribution in [-0.2, 0) is 5.41 Å². The largest absolute Gasteiger partial charge is 0.504 e. The third kappa shape index (κ3) is 1.87. The Hall–Kier alpha value is -1.22. The maximum Gasteiger partial charge on any atom is 0.161 e. The van der Waals surface area contributed by atoms with Crippen LogP contribution in [0.1, 0.15) is 50.7 Å². The number of nitrogens with two attached hydrogens (primary N) is 1. The first-order valence-corrected chi connectivity index (χ1v) is 6.60. The molecule has 1 aliphatic carbocycles. The van der Waals surface area contributed by atoms with Crippen LogP contribution >= 0.6 is 0 Å². The molecule has 0 saturated heterocycles. The van der Waals surface area contributed by atoms with Crippen molar-refractivity contribution < 1.29 is 9.84 Å². The molecule has 100 valence electrons. The Morgan fingerprint density at radius 3 is 2.28 bits per heavy atom. The molecule has 0 radical (unpaired) electrons. The highest BCUT2D eigenvalue weighted by Crippen LogP contribution is 2.56. The zero-order valence-electron chi connectivity index (χ0n) is 11.7. The van der Waals surface area contributed by atoms with Crippen molar-refractivity contribution in [2.45, 2.75) is 51.0 Å². The Balaban J connectivity index is 2.62. The molecule has 3 N–H and O–H groups in total. The van der Waals surface area contributed by atoms with Crippen molar-refractivity contribution >= 4 is 0 Å². The molecule has 1 aliphatic rings. The number of methoxy groups -OCH3 is 1. The van der Waals surface area contributed by atoms with Gasteiger partial charge >= 0.3 is 0 Å². The molecular weight excluding hydrogens is 226 g/mol. The second-order valence-electron chi connectivity index (χ2n) is 5.68. The molecule has 1 fully saturated rings. The summed E-state index contributed by atoms with van der Waals surface area (Å²) in [7, 11) is 1.58. The SMILES string of the molecule is COc1ccc(C(C)C)c(C2(C(C)N)CC2)c1O. The van der Waals surface area contributed by atoms with E-state index in [1.54, 1.807) is 7.11 Å². The standard InChI is InChI=1S/C15H23NO2/c1-9(2)11-5-6-12(18-4)14(17)13(11)15(7-8-15)10(3)16/h5-6,9-10,17H,7-8,16H2,1-4H3. The second kappa shape index (κ2) is 4.47. The smallest absolute Gasteiger partial charge is 0.161 e. The fraction of sp³-hybridized carbons (Fsp3) is 0.600. The molecule has 1 aromatic rings. The van der Waals surface area contributed by atoms with Crippen LogP contribution in [-0.4, -0.2) is 18.3 Å². The summed E-state index contributed by atoms with van der Waals surface area (Å²) in [6, 6.07) is 3.94. The van der Waals surface area contributed by atoms with Gasteiger partial charge in [-0.05, 0) is 37.3 Å². The summed E-state index contributed by atoms with van der Waals surface area (Å²) in [5, 5.41) is 10.5. The van der Waals surface area contributed by atoms with Gasteiger partial charge in [-0.1, -0.05) is 19.9 Å². The van der Waals surface area contributed by atoms with Crippen LogP contribution in [0, 0.1) is 0 Å². The minimum atomic E-state index is -0.0573. The predicted octanol–water partition coefficient (Wildman–Crippen LogP) is 2.90. The van der Waals surface area contributed by atoms with Crippen LogP contribution < -0.4 is 10.5 Å². The summed E-state index contributed by atoms with van der Waals surface area (Å²) in [6.07, 6.45) is 2.09. The first-order valence-electron chi connectivity index (χ1n) is 6.60. The van der Waals surface area contributed by atoms with E-state index in [9.17, 15) is 5.11 Å². The van der Waals surface area contributed by atoms with E-state index in [4.69, 9.17) is 10.5 Å². The highest BCUT2D eigenvalue weighted by atomic mass is 16.5. The van der Waals surface area contributed by atoms with Gasteiger partial charge in [0, 0.05) is 17.0 Å². The molecule has 0 heterocycles. The molecule has 3 heteroatoms. The molecular formula is C15H23NO2. The molecule has 1 aromatic carbocycles. The van der Waals surface area contributed by atoms with Crippen LogP contribution in [0.3, 0.4) is 0 Å². The minimum Gasteiger partial charge on any atom is -0.504 e. The van der Waals surface area contributed by atoms with Crippen molar-refractivity contribution in [2.75, 3.05) is 7.11 Å². The summed E-state index contributed by atoms with van der Waals surface area (Å²) in [6.45, 7) is 6.31. The summed E-state index contributed by atoms with van der Waals surface area (Å²) >= 11 is 0. The molecule has 0 aromatic heterocycles. The summed E-state index contributed by atoms with van der Waals surface area (Å²) in [4.78, 5) is 0. The van der Waals surface area contributed by atoms with Gasteiger partial charge in [0.25, 0.3) is 0 Å². The normalized spacial score (nSPS) is 18.8. The van der Waals surface area contributed by atoms with E-state index >= 15 is 0 Å². The number of ether oxygens (including phenoxy) is 1. The van der Waals surface area contributed by atoms with Gasteiger partial charge in [-0.2, -0.15) is 0 Å². The molecule has 0 amide bonds. The van der Waals surface area contributed by atoms with E-state index in [0.717, 1.165) is 18.4 Å². The first kappa shape index (κ1) is 13.2. The average Bonchev–Trinajstić information content (AvgIpc) is 3.09. The summed E-state index contributed by atoms with van der Waals surface area (Å²) in [5.74, 6) is 1.19. The average molecular weight is 249 g/mol. The van der Waals surface area contributed by atoms with Crippen LogP contribution in [0.15, 0.2) is 12.1 Å². The van der Waals surface area contributed by atoms with Gasteiger partial charge in [-0.3, -0.25) is 0 Å². The number of hydrogen-bond acceptors (Lipinski definition) is 3. The molecule has 0 bridgehead atoms. The monoisotopic (exact) mass is 249 g/mol. The summed E-state index contributed by atoms with van der Waals surface area (Å²) in [5.41, 5.74) is 8.27. The van der Waals surface area contributed by atoms with Gasteiger partial charge in [0.15, 0.2) is 11.5 Å². The quantitative estimate of drug-likeness (QED) is 0.862. The molecule has 0 spiro atoms. The fourth-order valence-electron chi connectivity index (χ4n) is 2.82. The van der Waals surface area contributed by atoms with Gasteiger partial charge < -0.3 is 15.6 Å². The highest BCUT2D eigenvalue weighted by Gasteiger charge is 2.50. The van der Waals surface area contributed by atoms with Crippen molar-refractivity contribution in [1.29, 1.82) is 0 Å². The Morgan fingerprint density at radius 1 is 1.28 bits per heavy atom. The second-order valence-corrected chi connectivity index (χ2v) is 5.68. The predicted molar refractivity (Wildman–Crippen MR) is 73.3 cm³/mol. The maximum atomic E-state index is 10.5. The Labute approximate surface area is 109 Å². The van der Waals surface area contributed by atoms with Crippen molar-refractivity contribution in [2.24, 2.45) is 5.73 Å². The highest BCUT2D eigenvalue weighted by molar-refractivity contribution is 5.57. The Bertz CT molecular complexity index is 448. The molecule has 0 aliphatic heterocycles. The van der Waals surface area contributed by atoms with E-state index in [1.165, 1.54) is 5.56 Å². The molecule has 3 nitrogen and oxygen atoms in total. The molecule has 2 rings (SSSR count). The first-order chi connectivity index (χ1) is 8.44. The Morgan fingerprint density at radius 2 is 1.89 bits per heavy atom. The van der Waals surface area contributed by atoms with Crippen molar-refractivity contribution in [3.63, 3.8) is 0 Å². The minimum absolute atomic E-state index is 0.0491. The number of rotatable bonds is 4. The van der Waals surface area contributed by atoms with Crippen LogP contribution in [0.4, 0.5) is 0 Å². The lowest BCUT2D eigenvalue weighted by Crippen LogP contribution is -2.32. The van der Waals surface area contributed by atoms with Crippen molar-refractivity contribution in [3.05, 3.63) is 23.3 Å². The van der Waals surface area contributed by atoms with Crippen LogP contribution in [0.25, 0.3) is 0 Å². The molecule has 1 saturated carbocycles. The number of phenolic OH excluding ortho intramolecular Hbond substituents is 1. The summed E-state index contributed by atoms with van der Waals surface area (Å²) < 4.78 is 5.23. The van der Waals surface area contributed by atoms with E-state index in [2.05, 4.69) is 19.9 Å². The lowest BCUT2D eigenvalue weighted by Gasteiger charge is -2.26. The third-order valence-corrected chi connectivity index (χ3v) is 4.17. The van der Waals surface area contributed by atoms with Gasteiger partial charge in [0.05, 0.1) is 7.11 Å². The zero-order chi connectivity index (χ0) is 13.5. The van der Waals surface area contributed by atoms with E-state index in [-0.39, 0.29) is 17.2 Å². The van der Waals surface area contributed by atoms with E-state index < -0.39 is 0 Å². The molecule has 1 unspecified atom stereocenters.